The van der Waals surface area contributed by atoms with E-state index >= 15 is 0 Å². The topological polar surface area (TPSA) is 127 Å². The molecule has 0 aliphatic rings. The van der Waals surface area contributed by atoms with E-state index in [1.165, 1.54) is 0 Å². The van der Waals surface area contributed by atoms with E-state index in [1.54, 1.807) is 4.83 Å². The van der Waals surface area contributed by atoms with Crippen molar-refractivity contribution in [3.05, 3.63) is 34.1 Å². The molecule has 0 aromatic heterocycles. The Hall–Kier alpha value is -1.85. The molecule has 0 unspecified atom stereocenters. The molecule has 0 heterocycles. The molecule has 0 aliphatic heterocycles. The highest BCUT2D eigenvalue weighted by molar-refractivity contribution is 7.89. The van der Waals surface area contributed by atoms with E-state index in [-0.39, 0.29) is 5.11 Å². The molecule has 18 heavy (non-hydrogen) atoms. The molecule has 0 bridgehead atoms. The maximum Gasteiger partial charge on any atom is 0.304 e. The number of hydrazine groups is 1. The molecule has 1 aromatic carbocycles. The number of sulfonamides is 1. The Kier molecular flexibility index (Phi) is 4.11. The zero-order valence-electron chi connectivity index (χ0n) is 8.58. The summed E-state index contributed by atoms with van der Waals surface area (Å²) in [5.41, 5.74) is 6.13. The third-order valence-electron chi connectivity index (χ3n) is 1.73. The lowest BCUT2D eigenvalue weighted by Gasteiger charge is -2.07. The van der Waals surface area contributed by atoms with Crippen LogP contribution >= 0.6 is 12.2 Å². The number of hydrogen-bond acceptors (Lipinski definition) is 5. The van der Waals surface area contributed by atoms with Crippen molar-refractivity contribution >= 4 is 33.0 Å². The third-order valence-corrected chi connectivity index (χ3v) is 3.08. The van der Waals surface area contributed by atoms with E-state index in [1.807, 2.05) is 5.43 Å². The first-order chi connectivity index (χ1) is 8.24. The molecule has 11 heteroatoms. The molecule has 0 saturated carbocycles. The van der Waals surface area contributed by atoms with Crippen LogP contribution in [0.3, 0.4) is 0 Å². The van der Waals surface area contributed by atoms with Gasteiger partial charge in [-0.05, 0) is 18.3 Å². The van der Waals surface area contributed by atoms with Gasteiger partial charge in [-0.25, -0.2) is 8.42 Å². The van der Waals surface area contributed by atoms with Crippen LogP contribution in [0.5, 0.6) is 0 Å². The standard InChI is InChI=1S/C7H7FN4O4S2/c8-5-3-4(1-2-6(5)12(13)14)18(15,16)11-10-7(9)17/h1-3,11H,(H3,9,10,17). The molecule has 0 saturated heterocycles. The van der Waals surface area contributed by atoms with E-state index in [2.05, 4.69) is 12.2 Å². The zero-order valence-corrected chi connectivity index (χ0v) is 10.2. The molecule has 8 nitrogen and oxygen atoms in total. The van der Waals surface area contributed by atoms with Crippen molar-refractivity contribution in [2.24, 2.45) is 5.73 Å². The summed E-state index contributed by atoms with van der Waals surface area (Å²) in [7, 11) is -4.11. The summed E-state index contributed by atoms with van der Waals surface area (Å²) in [4.78, 5) is 10.7. The Balaban J connectivity index is 3.08. The van der Waals surface area contributed by atoms with Gasteiger partial charge in [-0.2, -0.15) is 4.39 Å². The molecule has 0 aliphatic carbocycles. The fraction of sp³-hybridized carbons (Fsp3) is 0. The second-order valence-corrected chi connectivity index (χ2v) is 5.09. The highest BCUT2D eigenvalue weighted by Crippen LogP contribution is 2.20. The van der Waals surface area contributed by atoms with Crippen LogP contribution in [0.1, 0.15) is 0 Å². The van der Waals surface area contributed by atoms with E-state index in [4.69, 9.17) is 5.73 Å². The summed E-state index contributed by atoms with van der Waals surface area (Å²) in [6, 6.07) is 2.14. The largest absolute Gasteiger partial charge is 0.375 e. The number of benzene rings is 1. The van der Waals surface area contributed by atoms with Crippen molar-refractivity contribution < 1.29 is 17.7 Å². The maximum absolute atomic E-state index is 13.2. The van der Waals surface area contributed by atoms with Crippen molar-refractivity contribution in [3.63, 3.8) is 0 Å². The summed E-state index contributed by atoms with van der Waals surface area (Å²) in [6.07, 6.45) is 0. The highest BCUT2D eigenvalue weighted by atomic mass is 32.2. The minimum absolute atomic E-state index is 0.332. The Morgan fingerprint density at radius 3 is 2.56 bits per heavy atom. The molecule has 0 atom stereocenters. The third kappa shape index (κ3) is 3.32. The van der Waals surface area contributed by atoms with E-state index < -0.39 is 31.3 Å². The fourth-order valence-corrected chi connectivity index (χ4v) is 1.96. The van der Waals surface area contributed by atoms with Gasteiger partial charge in [-0.1, -0.05) is 0 Å². The SMILES string of the molecule is NC(=S)NNS(=O)(=O)c1ccc([N+](=O)[O-])c(F)c1. The predicted octanol–water partition coefficient (Wildman–Crippen LogP) is -0.240. The molecule has 4 N–H and O–H groups in total. The van der Waals surface area contributed by atoms with Crippen LogP contribution in [0.15, 0.2) is 23.1 Å². The summed E-state index contributed by atoms with van der Waals surface area (Å²) in [5.74, 6) is -1.27. The number of rotatable bonds is 4. The van der Waals surface area contributed by atoms with E-state index in [9.17, 15) is 22.9 Å². The number of nitro groups is 1. The van der Waals surface area contributed by atoms with Crippen molar-refractivity contribution in [2.75, 3.05) is 0 Å². The summed E-state index contributed by atoms with van der Waals surface area (Å²) in [5, 5.41) is 10.0. The average molecular weight is 294 g/mol. The Bertz CT molecular complexity index is 603. The number of nitrogens with one attached hydrogen (secondary N) is 2. The summed E-state index contributed by atoms with van der Waals surface area (Å²) in [6.45, 7) is 0. The Morgan fingerprint density at radius 1 is 1.50 bits per heavy atom. The van der Waals surface area contributed by atoms with Crippen LogP contribution in [0, 0.1) is 15.9 Å². The van der Waals surface area contributed by atoms with Gasteiger partial charge in [0.1, 0.15) is 0 Å². The van der Waals surface area contributed by atoms with Gasteiger partial charge in [0, 0.05) is 12.1 Å². The number of nitrogens with two attached hydrogens (primary N) is 1. The Labute approximate surface area is 106 Å². The molecular weight excluding hydrogens is 287 g/mol. The second kappa shape index (κ2) is 5.20. The van der Waals surface area contributed by atoms with Crippen LogP contribution in [-0.2, 0) is 10.0 Å². The normalized spacial score (nSPS) is 10.9. The molecule has 1 aromatic rings. The monoisotopic (exact) mass is 294 g/mol. The van der Waals surface area contributed by atoms with Gasteiger partial charge < -0.3 is 5.73 Å². The lowest BCUT2D eigenvalue weighted by Crippen LogP contribution is -2.44. The average Bonchev–Trinajstić information content (AvgIpc) is 2.26. The van der Waals surface area contributed by atoms with Gasteiger partial charge in [-0.15, -0.1) is 4.83 Å². The minimum Gasteiger partial charge on any atom is -0.375 e. The van der Waals surface area contributed by atoms with Gasteiger partial charge >= 0.3 is 5.69 Å². The predicted molar refractivity (Wildman–Crippen MR) is 63.3 cm³/mol. The fourth-order valence-electron chi connectivity index (χ4n) is 0.979. The zero-order chi connectivity index (χ0) is 13.9. The van der Waals surface area contributed by atoms with Gasteiger partial charge in [0.15, 0.2) is 5.11 Å². The van der Waals surface area contributed by atoms with Crippen molar-refractivity contribution in [3.8, 4) is 0 Å². The molecule has 0 amide bonds. The number of halogens is 1. The number of thiocarbonyl (C=S) groups is 1. The van der Waals surface area contributed by atoms with Gasteiger partial charge in [0.25, 0.3) is 10.0 Å². The molecule has 0 spiro atoms. The van der Waals surface area contributed by atoms with Gasteiger partial charge in [-0.3, -0.25) is 15.5 Å². The molecule has 1 rings (SSSR count). The first-order valence-electron chi connectivity index (χ1n) is 4.25. The lowest BCUT2D eigenvalue weighted by molar-refractivity contribution is -0.387. The first-order valence-corrected chi connectivity index (χ1v) is 6.14. The molecule has 98 valence electrons. The Morgan fingerprint density at radius 2 is 2.11 bits per heavy atom. The summed E-state index contributed by atoms with van der Waals surface area (Å²) >= 11 is 4.37. The van der Waals surface area contributed by atoms with Crippen LogP contribution < -0.4 is 16.0 Å². The smallest absolute Gasteiger partial charge is 0.304 e. The number of nitro benzene ring substituents is 1. The van der Waals surface area contributed by atoms with E-state index in [0.29, 0.717) is 6.07 Å². The second-order valence-electron chi connectivity index (χ2n) is 2.97. The molecule has 0 fully saturated rings. The highest BCUT2D eigenvalue weighted by Gasteiger charge is 2.20. The van der Waals surface area contributed by atoms with Gasteiger partial charge in [0.05, 0.1) is 9.82 Å². The molecule has 0 radical (unpaired) electrons. The lowest BCUT2D eigenvalue weighted by atomic mass is 10.3. The maximum atomic E-state index is 13.2. The quantitative estimate of drug-likeness (QED) is 0.397. The number of nitrogens with zero attached hydrogens (tertiary/aromatic N) is 1. The van der Waals surface area contributed by atoms with Crippen LogP contribution in [0.4, 0.5) is 10.1 Å². The van der Waals surface area contributed by atoms with Crippen LogP contribution in [0.2, 0.25) is 0 Å². The van der Waals surface area contributed by atoms with Crippen LogP contribution in [-0.4, -0.2) is 18.5 Å². The first kappa shape index (κ1) is 14.2. The molecular formula is C7H7FN4O4S2. The van der Waals surface area contributed by atoms with Crippen molar-refractivity contribution in [1.29, 1.82) is 0 Å². The van der Waals surface area contributed by atoms with E-state index in [0.717, 1.165) is 12.1 Å². The van der Waals surface area contributed by atoms with Crippen molar-refractivity contribution in [2.45, 2.75) is 4.90 Å². The number of hydrogen-bond donors (Lipinski definition) is 3. The van der Waals surface area contributed by atoms with Gasteiger partial charge in [0.2, 0.25) is 5.82 Å². The summed E-state index contributed by atoms with van der Waals surface area (Å²) < 4.78 is 36.3. The van der Waals surface area contributed by atoms with Crippen molar-refractivity contribution in [1.82, 2.24) is 10.3 Å². The van der Waals surface area contributed by atoms with Crippen LogP contribution in [0.25, 0.3) is 0 Å². The minimum atomic E-state index is -4.11.